The number of aliphatic hydroxyl groups is 1. The highest BCUT2D eigenvalue weighted by molar-refractivity contribution is 5.78. The Bertz CT molecular complexity index is 483. The molecule has 4 heteroatoms. The second-order valence-electron chi connectivity index (χ2n) is 6.37. The Balaban J connectivity index is 1.66. The Labute approximate surface area is 126 Å². The number of nitrogens with zero attached hydrogens (tertiary/aromatic N) is 2. The van der Waals surface area contributed by atoms with Gasteiger partial charge < -0.3 is 10.0 Å². The van der Waals surface area contributed by atoms with Gasteiger partial charge in [-0.3, -0.25) is 9.78 Å². The zero-order chi connectivity index (χ0) is 14.7. The summed E-state index contributed by atoms with van der Waals surface area (Å²) in [6, 6.07) is 3.92. The first-order valence-corrected chi connectivity index (χ1v) is 8.10. The van der Waals surface area contributed by atoms with E-state index < -0.39 is 0 Å². The molecule has 1 aliphatic carbocycles. The Hall–Kier alpha value is -1.42. The first-order valence-electron chi connectivity index (χ1n) is 8.10. The van der Waals surface area contributed by atoms with Crippen LogP contribution >= 0.6 is 0 Å². The molecule has 2 fully saturated rings. The van der Waals surface area contributed by atoms with E-state index in [1.807, 2.05) is 17.0 Å². The van der Waals surface area contributed by atoms with Gasteiger partial charge in [-0.25, -0.2) is 0 Å². The van der Waals surface area contributed by atoms with E-state index in [1.165, 1.54) is 6.42 Å². The minimum atomic E-state index is -0.331. The van der Waals surface area contributed by atoms with Gasteiger partial charge in [-0.1, -0.05) is 19.3 Å². The van der Waals surface area contributed by atoms with Gasteiger partial charge in [-0.15, -0.1) is 0 Å². The highest BCUT2D eigenvalue weighted by atomic mass is 16.3. The molecule has 1 spiro atoms. The molecule has 2 aliphatic rings. The molecule has 0 aromatic carbocycles. The molecule has 0 bridgehead atoms. The number of carbonyl (C=O) groups is 1. The number of hydrogen-bond donors (Lipinski definition) is 1. The van der Waals surface area contributed by atoms with Crippen molar-refractivity contribution in [1.29, 1.82) is 0 Å². The van der Waals surface area contributed by atoms with Gasteiger partial charge in [0.2, 0.25) is 5.91 Å². The number of aromatic nitrogens is 1. The number of amides is 1. The molecule has 1 aromatic heterocycles. The van der Waals surface area contributed by atoms with Crippen LogP contribution in [0.3, 0.4) is 0 Å². The third-order valence-corrected chi connectivity index (χ3v) is 5.18. The molecular formula is C17H24N2O2. The summed E-state index contributed by atoms with van der Waals surface area (Å²) >= 11 is 0. The number of hydrogen-bond acceptors (Lipinski definition) is 3. The molecule has 1 N–H and O–H groups in total. The van der Waals surface area contributed by atoms with Crippen molar-refractivity contribution in [3.05, 3.63) is 30.1 Å². The molecule has 1 unspecified atom stereocenters. The summed E-state index contributed by atoms with van der Waals surface area (Å²) in [7, 11) is 0. The van der Waals surface area contributed by atoms with E-state index in [4.69, 9.17) is 0 Å². The number of likely N-dealkylation sites (tertiary alicyclic amines) is 1. The van der Waals surface area contributed by atoms with Gasteiger partial charge >= 0.3 is 0 Å². The second-order valence-corrected chi connectivity index (χ2v) is 6.37. The summed E-state index contributed by atoms with van der Waals surface area (Å²) in [6.45, 7) is 0.719. The lowest BCUT2D eigenvalue weighted by atomic mass is 9.78. The lowest BCUT2D eigenvalue weighted by molar-refractivity contribution is -0.139. The number of rotatable bonds is 3. The minimum absolute atomic E-state index is 0.199. The number of carbonyl (C=O) groups excluding carboxylic acids is 1. The molecule has 1 aliphatic heterocycles. The van der Waals surface area contributed by atoms with Crippen LogP contribution in [-0.2, 0) is 11.2 Å². The van der Waals surface area contributed by atoms with Crippen LogP contribution in [-0.4, -0.2) is 39.1 Å². The molecule has 114 valence electrons. The SMILES string of the molecule is O=C(CCc1ccncc1)N1CCC(O)C12CCCCC2. The maximum Gasteiger partial charge on any atom is 0.223 e. The van der Waals surface area contributed by atoms with Crippen molar-refractivity contribution >= 4 is 5.91 Å². The van der Waals surface area contributed by atoms with Crippen LogP contribution < -0.4 is 0 Å². The minimum Gasteiger partial charge on any atom is -0.391 e. The van der Waals surface area contributed by atoms with Crippen molar-refractivity contribution in [2.24, 2.45) is 0 Å². The maximum absolute atomic E-state index is 12.6. The van der Waals surface area contributed by atoms with E-state index in [0.29, 0.717) is 6.42 Å². The predicted molar refractivity (Wildman–Crippen MR) is 80.7 cm³/mol. The molecule has 1 amide bonds. The average Bonchev–Trinajstić information content (AvgIpc) is 2.83. The van der Waals surface area contributed by atoms with Gasteiger partial charge in [-0.05, 0) is 43.4 Å². The van der Waals surface area contributed by atoms with E-state index in [-0.39, 0.29) is 17.6 Å². The Morgan fingerprint density at radius 2 is 2.00 bits per heavy atom. The third kappa shape index (κ3) is 2.82. The molecule has 1 atom stereocenters. The number of aryl methyl sites for hydroxylation is 1. The fraction of sp³-hybridized carbons (Fsp3) is 0.647. The standard InChI is InChI=1S/C17H24N2O2/c20-15-8-13-19(17(15)9-2-1-3-10-17)16(21)5-4-14-6-11-18-12-7-14/h6-7,11-12,15,20H,1-5,8-10,13H2. The van der Waals surface area contributed by atoms with Crippen LogP contribution in [0.15, 0.2) is 24.5 Å². The van der Waals surface area contributed by atoms with Crippen molar-refractivity contribution in [1.82, 2.24) is 9.88 Å². The van der Waals surface area contributed by atoms with Crippen LogP contribution in [0.1, 0.15) is 50.5 Å². The molecule has 1 saturated carbocycles. The number of pyridine rings is 1. The topological polar surface area (TPSA) is 53.4 Å². The summed E-state index contributed by atoms with van der Waals surface area (Å²) in [5.41, 5.74) is 0.893. The van der Waals surface area contributed by atoms with E-state index >= 15 is 0 Å². The van der Waals surface area contributed by atoms with E-state index in [2.05, 4.69) is 4.98 Å². The first-order chi connectivity index (χ1) is 10.2. The summed E-state index contributed by atoms with van der Waals surface area (Å²) in [6.07, 6.45) is 10.6. The highest BCUT2D eigenvalue weighted by Crippen LogP contribution is 2.42. The summed E-state index contributed by atoms with van der Waals surface area (Å²) < 4.78 is 0. The van der Waals surface area contributed by atoms with Crippen LogP contribution in [0.2, 0.25) is 0 Å². The van der Waals surface area contributed by atoms with Crippen molar-refractivity contribution in [2.45, 2.75) is 63.0 Å². The quantitative estimate of drug-likeness (QED) is 0.928. The lowest BCUT2D eigenvalue weighted by Crippen LogP contribution is -2.54. The lowest BCUT2D eigenvalue weighted by Gasteiger charge is -2.43. The largest absolute Gasteiger partial charge is 0.391 e. The van der Waals surface area contributed by atoms with Crippen molar-refractivity contribution in [2.75, 3.05) is 6.54 Å². The maximum atomic E-state index is 12.6. The van der Waals surface area contributed by atoms with Crippen LogP contribution in [0.25, 0.3) is 0 Å². The molecular weight excluding hydrogens is 264 g/mol. The van der Waals surface area contributed by atoms with Crippen molar-refractivity contribution in [3.63, 3.8) is 0 Å². The predicted octanol–water partition coefficient (Wildman–Crippen LogP) is 2.31. The normalized spacial score (nSPS) is 24.4. The molecule has 2 heterocycles. The van der Waals surface area contributed by atoms with Gasteiger partial charge in [0.05, 0.1) is 11.6 Å². The van der Waals surface area contributed by atoms with Gasteiger partial charge in [0.1, 0.15) is 0 Å². The van der Waals surface area contributed by atoms with Crippen LogP contribution in [0.5, 0.6) is 0 Å². The Morgan fingerprint density at radius 3 is 2.71 bits per heavy atom. The fourth-order valence-electron chi connectivity index (χ4n) is 4.00. The molecule has 21 heavy (non-hydrogen) atoms. The third-order valence-electron chi connectivity index (χ3n) is 5.18. The van der Waals surface area contributed by atoms with E-state index in [9.17, 15) is 9.90 Å². The van der Waals surface area contributed by atoms with Crippen LogP contribution in [0.4, 0.5) is 0 Å². The Kier molecular flexibility index (Phi) is 4.24. The molecule has 3 rings (SSSR count). The fourth-order valence-corrected chi connectivity index (χ4v) is 4.00. The van der Waals surface area contributed by atoms with E-state index in [1.54, 1.807) is 12.4 Å². The monoisotopic (exact) mass is 288 g/mol. The van der Waals surface area contributed by atoms with Crippen molar-refractivity contribution in [3.8, 4) is 0 Å². The Morgan fingerprint density at radius 1 is 1.29 bits per heavy atom. The zero-order valence-electron chi connectivity index (χ0n) is 12.5. The first kappa shape index (κ1) is 14.5. The number of aliphatic hydroxyl groups excluding tert-OH is 1. The van der Waals surface area contributed by atoms with Gasteiger partial charge in [0.15, 0.2) is 0 Å². The smallest absolute Gasteiger partial charge is 0.223 e. The molecule has 1 saturated heterocycles. The molecule has 1 aromatic rings. The average molecular weight is 288 g/mol. The summed E-state index contributed by atoms with van der Waals surface area (Å²) in [4.78, 5) is 18.6. The zero-order valence-corrected chi connectivity index (χ0v) is 12.5. The summed E-state index contributed by atoms with van der Waals surface area (Å²) in [5, 5.41) is 10.4. The van der Waals surface area contributed by atoms with E-state index in [0.717, 1.165) is 50.6 Å². The summed E-state index contributed by atoms with van der Waals surface area (Å²) in [5.74, 6) is 0.199. The molecule has 4 nitrogen and oxygen atoms in total. The second kappa shape index (κ2) is 6.14. The van der Waals surface area contributed by atoms with Crippen LogP contribution in [0, 0.1) is 0 Å². The van der Waals surface area contributed by atoms with Gasteiger partial charge in [0, 0.05) is 25.4 Å². The highest BCUT2D eigenvalue weighted by Gasteiger charge is 2.49. The van der Waals surface area contributed by atoms with Gasteiger partial charge in [0.25, 0.3) is 0 Å². The molecule has 0 radical (unpaired) electrons. The van der Waals surface area contributed by atoms with Crippen molar-refractivity contribution < 1.29 is 9.90 Å². The van der Waals surface area contributed by atoms with Gasteiger partial charge in [-0.2, -0.15) is 0 Å².